The number of fused-ring (bicyclic) bond motifs is 1. The fourth-order valence-corrected chi connectivity index (χ4v) is 5.82. The quantitative estimate of drug-likeness (QED) is 0.200. The largest absolute Gasteiger partial charge is 0.493 e. The Labute approximate surface area is 247 Å². The predicted octanol–water partition coefficient (Wildman–Crippen LogP) is 7.14. The molecule has 0 amide bonds. The number of aromatic nitrogens is 2. The van der Waals surface area contributed by atoms with E-state index in [9.17, 15) is 9.59 Å². The molecule has 10 heteroatoms. The van der Waals surface area contributed by atoms with Crippen LogP contribution in [0.2, 0.25) is 0 Å². The number of para-hydroxylation sites is 1. The third kappa shape index (κ3) is 5.83. The van der Waals surface area contributed by atoms with Crippen molar-refractivity contribution < 1.29 is 19.4 Å². The van der Waals surface area contributed by atoms with Gasteiger partial charge in [-0.1, -0.05) is 43.5 Å². The molecule has 0 atom stereocenters. The second-order valence-corrected chi connectivity index (χ2v) is 11.2. The fourth-order valence-electron chi connectivity index (χ4n) is 4.88. The van der Waals surface area contributed by atoms with Crippen LogP contribution in [-0.4, -0.2) is 34.1 Å². The van der Waals surface area contributed by atoms with E-state index in [1.54, 1.807) is 37.6 Å². The summed E-state index contributed by atoms with van der Waals surface area (Å²) in [6.07, 6.45) is 7.00. The van der Waals surface area contributed by atoms with E-state index in [1.807, 2.05) is 18.2 Å². The van der Waals surface area contributed by atoms with E-state index in [1.165, 1.54) is 23.2 Å². The first-order valence-electron chi connectivity index (χ1n) is 12.9. The number of nitrogens with zero attached hydrogens (tertiary/aromatic N) is 3. The summed E-state index contributed by atoms with van der Waals surface area (Å²) in [5.41, 5.74) is 2.18. The Morgan fingerprint density at radius 2 is 1.82 bits per heavy atom. The summed E-state index contributed by atoms with van der Waals surface area (Å²) >= 11 is 7.24. The molecule has 1 aliphatic rings. The first-order valence-corrected chi connectivity index (χ1v) is 14.5. The third-order valence-corrected chi connectivity index (χ3v) is 9.16. The van der Waals surface area contributed by atoms with Gasteiger partial charge in [0.2, 0.25) is 0 Å². The maximum Gasteiger partial charge on any atom is 0.335 e. The molecule has 8 nitrogen and oxygen atoms in total. The number of carboxylic acids is 1. The molecule has 0 bridgehead atoms. The van der Waals surface area contributed by atoms with Gasteiger partial charge in [-0.05, 0) is 80.6 Å². The van der Waals surface area contributed by atoms with Gasteiger partial charge in [0.25, 0.3) is 5.56 Å². The molecule has 3 aromatic carbocycles. The first kappa shape index (κ1) is 28.0. The minimum absolute atomic E-state index is 0.174. The van der Waals surface area contributed by atoms with Crippen LogP contribution in [0.4, 0.5) is 0 Å². The van der Waals surface area contributed by atoms with E-state index in [0.717, 1.165) is 31.2 Å². The van der Waals surface area contributed by atoms with Gasteiger partial charge in [-0.2, -0.15) is 9.78 Å². The average molecular weight is 669 g/mol. The predicted molar refractivity (Wildman–Crippen MR) is 161 cm³/mol. The zero-order valence-corrected chi connectivity index (χ0v) is 24.9. The van der Waals surface area contributed by atoms with E-state index in [0.29, 0.717) is 42.7 Å². The first-order chi connectivity index (χ1) is 19.4. The lowest BCUT2D eigenvalue weighted by atomic mass is 9.88. The maximum absolute atomic E-state index is 13.5. The molecule has 1 saturated carbocycles. The molecule has 0 aliphatic heterocycles. The van der Waals surface area contributed by atoms with Crippen LogP contribution >= 0.6 is 31.9 Å². The standard InChI is InChI=1S/C30H27Br2N3O5/c1-39-24-15-21(25(31)26(32)27(24)40-17-18-11-13-20(14-12-18)30(37)38)16-33-35-28(19-7-3-2-4-8-19)34-23-10-6-5-9-22(23)29(35)36/h5-6,9-16,19H,2-4,7-8,17H2,1H3,(H,37,38). The molecular weight excluding hydrogens is 642 g/mol. The summed E-state index contributed by atoms with van der Waals surface area (Å²) in [5.74, 6) is 0.825. The van der Waals surface area contributed by atoms with Gasteiger partial charge in [0, 0.05) is 16.0 Å². The summed E-state index contributed by atoms with van der Waals surface area (Å²) in [6, 6.07) is 15.6. The summed E-state index contributed by atoms with van der Waals surface area (Å²) < 4.78 is 14.4. The Morgan fingerprint density at radius 1 is 1.10 bits per heavy atom. The van der Waals surface area contributed by atoms with Crippen molar-refractivity contribution in [2.75, 3.05) is 7.11 Å². The molecule has 1 fully saturated rings. The molecule has 1 aromatic heterocycles. The summed E-state index contributed by atoms with van der Waals surface area (Å²) in [4.78, 5) is 29.5. The Hall–Kier alpha value is -3.50. The van der Waals surface area contributed by atoms with Crippen molar-refractivity contribution >= 4 is 54.9 Å². The summed E-state index contributed by atoms with van der Waals surface area (Å²) in [7, 11) is 1.55. The number of carbonyl (C=O) groups is 1. The van der Waals surface area contributed by atoms with Gasteiger partial charge in [-0.3, -0.25) is 4.79 Å². The highest BCUT2D eigenvalue weighted by Crippen LogP contribution is 2.42. The molecule has 1 aliphatic carbocycles. The minimum atomic E-state index is -0.981. The Morgan fingerprint density at radius 3 is 2.52 bits per heavy atom. The molecule has 40 heavy (non-hydrogen) atoms. The molecule has 5 rings (SSSR count). The van der Waals surface area contributed by atoms with Crippen molar-refractivity contribution in [2.45, 2.75) is 44.6 Å². The van der Waals surface area contributed by atoms with E-state index < -0.39 is 5.97 Å². The molecule has 0 spiro atoms. The van der Waals surface area contributed by atoms with Crippen LogP contribution in [0.3, 0.4) is 0 Å². The lowest BCUT2D eigenvalue weighted by Crippen LogP contribution is -2.25. The SMILES string of the molecule is COc1cc(C=Nn2c(C3CCCCC3)nc3ccccc3c2=O)c(Br)c(Br)c1OCc1ccc(C(=O)O)cc1. The number of methoxy groups -OCH3 is 1. The lowest BCUT2D eigenvalue weighted by Gasteiger charge is -2.22. The van der Waals surface area contributed by atoms with Gasteiger partial charge in [0.15, 0.2) is 11.5 Å². The zero-order valence-electron chi connectivity index (χ0n) is 21.8. The van der Waals surface area contributed by atoms with Gasteiger partial charge < -0.3 is 14.6 Å². The van der Waals surface area contributed by atoms with Gasteiger partial charge >= 0.3 is 5.97 Å². The highest BCUT2D eigenvalue weighted by molar-refractivity contribution is 9.13. The highest BCUT2D eigenvalue weighted by atomic mass is 79.9. The van der Waals surface area contributed by atoms with Crippen molar-refractivity contribution in [1.82, 2.24) is 9.66 Å². The second kappa shape index (κ2) is 12.3. The van der Waals surface area contributed by atoms with Gasteiger partial charge in [-0.25, -0.2) is 9.78 Å². The highest BCUT2D eigenvalue weighted by Gasteiger charge is 2.23. The van der Waals surface area contributed by atoms with Crippen LogP contribution in [0.1, 0.15) is 65.3 Å². The smallest absolute Gasteiger partial charge is 0.335 e. The monoisotopic (exact) mass is 667 g/mol. The van der Waals surface area contributed by atoms with Gasteiger partial charge in [0.05, 0.1) is 34.3 Å². The fraction of sp³-hybridized carbons (Fsp3) is 0.267. The maximum atomic E-state index is 13.5. The van der Waals surface area contributed by atoms with Crippen molar-refractivity contribution in [1.29, 1.82) is 0 Å². The van der Waals surface area contributed by atoms with Gasteiger partial charge in [-0.15, -0.1) is 0 Å². The van der Waals surface area contributed by atoms with Crippen LogP contribution in [0.15, 0.2) is 73.4 Å². The minimum Gasteiger partial charge on any atom is -0.493 e. The Kier molecular flexibility index (Phi) is 8.66. The van der Waals surface area contributed by atoms with Crippen LogP contribution < -0.4 is 15.0 Å². The number of ether oxygens (including phenoxy) is 2. The number of hydrogen-bond donors (Lipinski definition) is 1. The molecular formula is C30H27Br2N3O5. The number of aromatic carboxylic acids is 1. The summed E-state index contributed by atoms with van der Waals surface area (Å²) in [5, 5.41) is 14.3. The van der Waals surface area contributed by atoms with E-state index in [4.69, 9.17) is 19.6 Å². The van der Waals surface area contributed by atoms with Crippen molar-refractivity contribution in [3.8, 4) is 11.5 Å². The normalized spacial score (nSPS) is 14.1. The van der Waals surface area contributed by atoms with Crippen molar-refractivity contribution in [3.05, 3.63) is 96.4 Å². The number of carboxylic acid groups (broad SMARTS) is 1. The molecule has 206 valence electrons. The lowest BCUT2D eigenvalue weighted by molar-refractivity contribution is 0.0697. The average Bonchev–Trinajstić information content (AvgIpc) is 2.98. The molecule has 0 radical (unpaired) electrons. The third-order valence-electron chi connectivity index (χ3n) is 7.02. The van der Waals surface area contributed by atoms with Crippen molar-refractivity contribution in [3.63, 3.8) is 0 Å². The number of hydrogen-bond acceptors (Lipinski definition) is 6. The van der Waals surface area contributed by atoms with Crippen LogP contribution in [0.5, 0.6) is 11.5 Å². The molecule has 1 N–H and O–H groups in total. The number of benzene rings is 3. The van der Waals surface area contributed by atoms with E-state index in [-0.39, 0.29) is 23.6 Å². The van der Waals surface area contributed by atoms with E-state index in [2.05, 4.69) is 37.0 Å². The Balaban J connectivity index is 1.48. The van der Waals surface area contributed by atoms with Crippen LogP contribution in [0.25, 0.3) is 10.9 Å². The summed E-state index contributed by atoms with van der Waals surface area (Å²) in [6.45, 7) is 0.206. The number of rotatable bonds is 8. The van der Waals surface area contributed by atoms with Crippen LogP contribution in [0, 0.1) is 0 Å². The topological polar surface area (TPSA) is 103 Å². The molecule has 4 aromatic rings. The molecule has 1 heterocycles. The van der Waals surface area contributed by atoms with Gasteiger partial charge in [0.1, 0.15) is 12.4 Å². The molecule has 0 saturated heterocycles. The van der Waals surface area contributed by atoms with Crippen LogP contribution in [-0.2, 0) is 6.61 Å². The molecule has 0 unspecified atom stereocenters. The Bertz CT molecular complexity index is 1640. The zero-order chi connectivity index (χ0) is 28.2. The van der Waals surface area contributed by atoms with Crippen molar-refractivity contribution in [2.24, 2.45) is 5.10 Å². The van der Waals surface area contributed by atoms with E-state index >= 15 is 0 Å². The second-order valence-electron chi connectivity index (χ2n) is 9.60. The number of halogens is 2.